The fraction of sp³-hybridized carbons (Fsp3) is 0.565. The summed E-state index contributed by atoms with van der Waals surface area (Å²) in [4.78, 5) is 7.03. The van der Waals surface area contributed by atoms with Gasteiger partial charge in [0.05, 0.1) is 13.7 Å². The van der Waals surface area contributed by atoms with Crippen LogP contribution in [0.1, 0.15) is 32.8 Å². The molecule has 0 aliphatic rings. The molecule has 0 atom stereocenters. The lowest BCUT2D eigenvalue weighted by Gasteiger charge is -2.19. The summed E-state index contributed by atoms with van der Waals surface area (Å²) < 4.78 is 13.4. The normalized spacial score (nSPS) is 11.6. The molecule has 0 aliphatic heterocycles. The van der Waals surface area contributed by atoms with Crippen molar-refractivity contribution in [2.24, 2.45) is 4.99 Å². The predicted molar refractivity (Wildman–Crippen MR) is 126 cm³/mol. The quantitative estimate of drug-likeness (QED) is 0.273. The maximum absolute atomic E-state index is 5.94. The summed E-state index contributed by atoms with van der Waals surface area (Å²) >= 11 is 0. The molecule has 0 amide bonds. The second-order valence-electron chi connectivity index (χ2n) is 7.11. The molecule has 8 heteroatoms. The lowest BCUT2D eigenvalue weighted by atomic mass is 10.2. The van der Waals surface area contributed by atoms with E-state index in [1.54, 1.807) is 13.3 Å². The second-order valence-corrected chi connectivity index (χ2v) is 7.11. The average molecular weight is 431 g/mol. The summed E-state index contributed by atoms with van der Waals surface area (Å²) in [5, 5.41) is 10.9. The molecule has 2 rings (SSSR count). The Hall–Kier alpha value is -2.74. The molecule has 1 aromatic heterocycles. The van der Waals surface area contributed by atoms with Crippen molar-refractivity contribution in [1.82, 2.24) is 25.3 Å². The number of rotatable bonds is 14. The predicted octanol–water partition coefficient (Wildman–Crippen LogP) is 2.76. The van der Waals surface area contributed by atoms with Crippen LogP contribution in [-0.2, 0) is 13.1 Å². The van der Waals surface area contributed by atoms with Crippen molar-refractivity contribution in [1.29, 1.82) is 0 Å². The minimum absolute atomic E-state index is 0.560. The molecule has 0 radical (unpaired) electrons. The number of nitrogens with one attached hydrogen (secondary N) is 2. The minimum atomic E-state index is 0.560. The molecule has 172 valence electrons. The molecule has 2 aromatic rings. The Morgan fingerprint density at radius 2 is 2.00 bits per heavy atom. The number of likely N-dealkylation sites (N-methyl/N-ethyl adjacent to an activating group) is 1. The molecule has 31 heavy (non-hydrogen) atoms. The summed E-state index contributed by atoms with van der Waals surface area (Å²) in [5.74, 6) is 2.32. The minimum Gasteiger partial charge on any atom is -0.493 e. The van der Waals surface area contributed by atoms with E-state index in [0.717, 1.165) is 68.7 Å². The van der Waals surface area contributed by atoms with Gasteiger partial charge in [-0.3, -0.25) is 4.68 Å². The van der Waals surface area contributed by atoms with Gasteiger partial charge in [-0.1, -0.05) is 19.9 Å². The number of methoxy groups -OCH3 is 1. The highest BCUT2D eigenvalue weighted by Gasteiger charge is 2.07. The van der Waals surface area contributed by atoms with Gasteiger partial charge in [-0.25, -0.2) is 4.99 Å². The van der Waals surface area contributed by atoms with E-state index in [1.807, 2.05) is 35.1 Å². The first-order valence-corrected chi connectivity index (χ1v) is 11.2. The third-order valence-corrected chi connectivity index (χ3v) is 4.97. The summed E-state index contributed by atoms with van der Waals surface area (Å²) in [6.07, 6.45) is 4.75. The lowest BCUT2D eigenvalue weighted by Crippen LogP contribution is -2.38. The fourth-order valence-electron chi connectivity index (χ4n) is 3.15. The fourth-order valence-corrected chi connectivity index (χ4v) is 3.15. The summed E-state index contributed by atoms with van der Waals surface area (Å²) in [6.45, 7) is 13.1. The largest absolute Gasteiger partial charge is 0.493 e. The van der Waals surface area contributed by atoms with Crippen molar-refractivity contribution in [2.45, 2.75) is 40.3 Å². The van der Waals surface area contributed by atoms with Gasteiger partial charge < -0.3 is 25.0 Å². The molecule has 0 spiro atoms. The highest BCUT2D eigenvalue weighted by molar-refractivity contribution is 5.79. The van der Waals surface area contributed by atoms with Crippen LogP contribution < -0.4 is 20.1 Å². The average Bonchev–Trinajstić information content (AvgIpc) is 3.32. The Kier molecular flexibility index (Phi) is 11.3. The summed E-state index contributed by atoms with van der Waals surface area (Å²) in [5.41, 5.74) is 1.07. The van der Waals surface area contributed by atoms with Crippen LogP contribution in [0.25, 0.3) is 0 Å². The Morgan fingerprint density at radius 3 is 2.68 bits per heavy atom. The smallest absolute Gasteiger partial charge is 0.191 e. The molecule has 0 saturated heterocycles. The van der Waals surface area contributed by atoms with Gasteiger partial charge in [-0.2, -0.15) is 5.10 Å². The van der Waals surface area contributed by atoms with Gasteiger partial charge in [-0.05, 0) is 50.2 Å². The van der Waals surface area contributed by atoms with Crippen LogP contribution in [0.5, 0.6) is 11.5 Å². The number of aliphatic imine (C=N–C) groups is 1. The van der Waals surface area contributed by atoms with E-state index in [2.05, 4.69) is 41.4 Å². The first-order valence-electron chi connectivity index (χ1n) is 11.2. The zero-order chi connectivity index (χ0) is 22.3. The Morgan fingerprint density at radius 1 is 1.16 bits per heavy atom. The SMILES string of the molecule is CCNC(=NCc1ccc(OCCN(CC)CC)c(OC)c1)NCCCn1cccn1. The monoisotopic (exact) mass is 430 g/mol. The van der Waals surface area contributed by atoms with Crippen LogP contribution >= 0.6 is 0 Å². The van der Waals surface area contributed by atoms with E-state index >= 15 is 0 Å². The molecule has 1 aromatic carbocycles. The van der Waals surface area contributed by atoms with Gasteiger partial charge in [0.1, 0.15) is 6.61 Å². The van der Waals surface area contributed by atoms with Crippen LogP contribution in [0.15, 0.2) is 41.7 Å². The van der Waals surface area contributed by atoms with Gasteiger partial charge in [0, 0.05) is 38.6 Å². The number of benzene rings is 1. The van der Waals surface area contributed by atoms with E-state index in [0.29, 0.717) is 13.2 Å². The lowest BCUT2D eigenvalue weighted by molar-refractivity contribution is 0.217. The van der Waals surface area contributed by atoms with Crippen LogP contribution in [0, 0.1) is 0 Å². The van der Waals surface area contributed by atoms with Crippen molar-refractivity contribution in [3.8, 4) is 11.5 Å². The number of guanidine groups is 1. The van der Waals surface area contributed by atoms with Crippen molar-refractivity contribution in [3.63, 3.8) is 0 Å². The van der Waals surface area contributed by atoms with Gasteiger partial charge in [0.2, 0.25) is 0 Å². The molecule has 1 heterocycles. The van der Waals surface area contributed by atoms with Gasteiger partial charge in [0.15, 0.2) is 17.5 Å². The third-order valence-electron chi connectivity index (χ3n) is 4.97. The Balaban J connectivity index is 1.87. The topological polar surface area (TPSA) is 75.9 Å². The molecule has 0 unspecified atom stereocenters. The van der Waals surface area contributed by atoms with Gasteiger partial charge in [-0.15, -0.1) is 0 Å². The molecule has 2 N–H and O–H groups in total. The number of aromatic nitrogens is 2. The van der Waals surface area contributed by atoms with Crippen molar-refractivity contribution < 1.29 is 9.47 Å². The zero-order valence-corrected chi connectivity index (χ0v) is 19.4. The number of hydrogen-bond acceptors (Lipinski definition) is 5. The van der Waals surface area contributed by atoms with Gasteiger partial charge in [0.25, 0.3) is 0 Å². The number of nitrogens with zero attached hydrogens (tertiary/aromatic N) is 4. The van der Waals surface area contributed by atoms with Crippen LogP contribution in [0.3, 0.4) is 0 Å². The van der Waals surface area contributed by atoms with Crippen molar-refractivity contribution >= 4 is 5.96 Å². The third kappa shape index (κ3) is 8.88. The maximum atomic E-state index is 5.94. The molecule has 0 saturated carbocycles. The Bertz CT molecular complexity index is 759. The van der Waals surface area contributed by atoms with Gasteiger partial charge >= 0.3 is 0 Å². The van der Waals surface area contributed by atoms with Crippen LogP contribution in [-0.4, -0.2) is 67.1 Å². The standard InChI is InChI=1S/C23H38N6O2/c1-5-24-23(25-12-8-14-29-15-9-13-27-29)26-19-20-10-11-21(22(18-20)30-4)31-17-16-28(6-2)7-3/h9-11,13,15,18H,5-8,12,14,16-17,19H2,1-4H3,(H2,24,25,26). The highest BCUT2D eigenvalue weighted by Crippen LogP contribution is 2.28. The second kappa shape index (κ2) is 14.3. The molecule has 0 fully saturated rings. The highest BCUT2D eigenvalue weighted by atomic mass is 16.5. The number of hydrogen-bond donors (Lipinski definition) is 2. The summed E-state index contributed by atoms with van der Waals surface area (Å²) in [7, 11) is 1.67. The number of ether oxygens (including phenoxy) is 2. The molecular weight excluding hydrogens is 392 g/mol. The summed E-state index contributed by atoms with van der Waals surface area (Å²) in [6, 6.07) is 7.95. The molecular formula is C23H38N6O2. The molecule has 8 nitrogen and oxygen atoms in total. The molecule has 0 bridgehead atoms. The van der Waals surface area contributed by atoms with Crippen LogP contribution in [0.2, 0.25) is 0 Å². The van der Waals surface area contributed by atoms with Crippen LogP contribution in [0.4, 0.5) is 0 Å². The van der Waals surface area contributed by atoms with E-state index in [1.165, 1.54) is 0 Å². The molecule has 0 aliphatic carbocycles. The van der Waals surface area contributed by atoms with E-state index in [4.69, 9.17) is 14.5 Å². The number of aryl methyl sites for hydroxylation is 1. The van der Waals surface area contributed by atoms with E-state index in [9.17, 15) is 0 Å². The van der Waals surface area contributed by atoms with Crippen molar-refractivity contribution in [2.75, 3.05) is 46.4 Å². The van der Waals surface area contributed by atoms with E-state index < -0.39 is 0 Å². The zero-order valence-electron chi connectivity index (χ0n) is 19.4. The Labute approximate surface area is 186 Å². The maximum Gasteiger partial charge on any atom is 0.191 e. The first kappa shape index (κ1) is 24.5. The van der Waals surface area contributed by atoms with E-state index in [-0.39, 0.29) is 0 Å². The first-order chi connectivity index (χ1) is 15.2. The van der Waals surface area contributed by atoms with Crippen molar-refractivity contribution in [3.05, 3.63) is 42.2 Å².